The fraction of sp³-hybridized carbons (Fsp3) is 0.917. The van der Waals surface area contributed by atoms with Crippen molar-refractivity contribution in [3.63, 3.8) is 0 Å². The first-order valence-electron chi connectivity index (χ1n) is 11.5. The lowest BCUT2D eigenvalue weighted by Crippen LogP contribution is -2.60. The second-order valence-corrected chi connectivity index (χ2v) is 12.6. The molecule has 0 unspecified atom stereocenters. The molecule has 172 valence electrons. The van der Waals surface area contributed by atoms with Crippen LogP contribution in [0.3, 0.4) is 0 Å². The van der Waals surface area contributed by atoms with E-state index >= 15 is 0 Å². The Bertz CT molecular complexity index is 589. The van der Waals surface area contributed by atoms with Crippen molar-refractivity contribution in [2.45, 2.75) is 128 Å². The third-order valence-electron chi connectivity index (χ3n) is 6.68. The van der Waals surface area contributed by atoms with Gasteiger partial charge in [0.05, 0.1) is 11.8 Å². The lowest BCUT2D eigenvalue weighted by molar-refractivity contribution is -0.171. The van der Waals surface area contributed by atoms with Crippen LogP contribution in [0.4, 0.5) is 0 Å². The quantitative estimate of drug-likeness (QED) is 0.673. The molecule has 2 aliphatic heterocycles. The van der Waals surface area contributed by atoms with Gasteiger partial charge in [0.25, 0.3) is 0 Å². The molecule has 0 aromatic rings. The Balaban J connectivity index is 1.46. The van der Waals surface area contributed by atoms with E-state index in [9.17, 15) is 9.59 Å². The zero-order chi connectivity index (χ0) is 22.5. The topological polar surface area (TPSA) is 76.7 Å². The molecule has 0 aromatic heterocycles. The molecule has 3 aliphatic rings. The third kappa shape index (κ3) is 5.97. The van der Waals surface area contributed by atoms with Gasteiger partial charge in [0.2, 0.25) is 0 Å². The zero-order valence-corrected chi connectivity index (χ0v) is 20.2. The van der Waals surface area contributed by atoms with Crippen LogP contribution in [0.25, 0.3) is 0 Å². The molecule has 0 aromatic carbocycles. The van der Waals surface area contributed by atoms with Crippen molar-refractivity contribution in [2.24, 2.45) is 11.8 Å². The Morgan fingerprint density at radius 2 is 0.867 bits per heavy atom. The van der Waals surface area contributed by atoms with Crippen molar-refractivity contribution < 1.29 is 19.1 Å². The number of carbonyl (C=O) groups excluding carboxylic acids is 2. The molecule has 2 heterocycles. The molecule has 0 bridgehead atoms. The predicted molar refractivity (Wildman–Crippen MR) is 117 cm³/mol. The van der Waals surface area contributed by atoms with E-state index in [1.54, 1.807) is 0 Å². The number of piperidine rings is 2. The van der Waals surface area contributed by atoms with Crippen LogP contribution >= 0.6 is 0 Å². The molecular weight excluding hydrogens is 380 g/mol. The fourth-order valence-corrected chi connectivity index (χ4v) is 6.15. The van der Waals surface area contributed by atoms with Crippen LogP contribution in [0.1, 0.15) is 93.9 Å². The van der Waals surface area contributed by atoms with Crippen LogP contribution in [-0.2, 0) is 19.1 Å². The lowest BCUT2D eigenvalue weighted by atomic mass is 9.74. The van der Waals surface area contributed by atoms with Crippen LogP contribution in [-0.4, -0.2) is 46.3 Å². The molecule has 3 fully saturated rings. The number of esters is 2. The van der Waals surface area contributed by atoms with Crippen LogP contribution < -0.4 is 10.6 Å². The van der Waals surface area contributed by atoms with Crippen molar-refractivity contribution >= 4 is 11.9 Å². The molecule has 0 radical (unpaired) electrons. The SMILES string of the molecule is CC1(C)CC(OC(=O)C2CC(C(=O)OC3CC(C)(C)NC(C)(C)C3)C2)CC(C)(C)N1. The number of hydrogen-bond donors (Lipinski definition) is 2. The van der Waals surface area contributed by atoms with Crippen LogP contribution in [0.2, 0.25) is 0 Å². The summed E-state index contributed by atoms with van der Waals surface area (Å²) in [6.45, 7) is 17.2. The van der Waals surface area contributed by atoms with Gasteiger partial charge in [-0.1, -0.05) is 0 Å². The van der Waals surface area contributed by atoms with Gasteiger partial charge in [-0.25, -0.2) is 0 Å². The smallest absolute Gasteiger partial charge is 0.309 e. The summed E-state index contributed by atoms with van der Waals surface area (Å²) in [7, 11) is 0. The summed E-state index contributed by atoms with van der Waals surface area (Å²) < 4.78 is 11.7. The van der Waals surface area contributed by atoms with Gasteiger partial charge in [0.15, 0.2) is 0 Å². The second-order valence-electron chi connectivity index (χ2n) is 12.6. The van der Waals surface area contributed by atoms with Gasteiger partial charge in [-0.2, -0.15) is 0 Å². The summed E-state index contributed by atoms with van der Waals surface area (Å²) in [5.74, 6) is -0.655. The minimum absolute atomic E-state index is 0.0605. The molecule has 3 rings (SSSR count). The third-order valence-corrected chi connectivity index (χ3v) is 6.68. The van der Waals surface area contributed by atoms with Crippen LogP contribution in [0.5, 0.6) is 0 Å². The number of carbonyl (C=O) groups is 2. The number of hydrogen-bond acceptors (Lipinski definition) is 6. The van der Waals surface area contributed by atoms with E-state index in [1.807, 2.05) is 0 Å². The lowest BCUT2D eigenvalue weighted by Gasteiger charge is -2.47. The highest BCUT2D eigenvalue weighted by molar-refractivity contribution is 5.80. The van der Waals surface area contributed by atoms with Crippen LogP contribution in [0, 0.1) is 11.8 Å². The molecule has 1 aliphatic carbocycles. The molecule has 2 N–H and O–H groups in total. The summed E-state index contributed by atoms with van der Waals surface area (Å²) in [4.78, 5) is 25.3. The summed E-state index contributed by atoms with van der Waals surface area (Å²) in [5, 5.41) is 7.22. The molecular formula is C24H42N2O4. The Hall–Kier alpha value is -1.14. The Morgan fingerprint density at radius 3 is 1.13 bits per heavy atom. The highest BCUT2D eigenvalue weighted by Gasteiger charge is 2.46. The normalized spacial score (nSPS) is 32.7. The molecule has 6 heteroatoms. The van der Waals surface area contributed by atoms with Gasteiger partial charge >= 0.3 is 11.9 Å². The highest BCUT2D eigenvalue weighted by Crippen LogP contribution is 2.39. The average Bonchev–Trinajstić information content (AvgIpc) is 2.37. The molecule has 30 heavy (non-hydrogen) atoms. The van der Waals surface area contributed by atoms with Gasteiger partial charge in [-0.15, -0.1) is 0 Å². The van der Waals surface area contributed by atoms with Crippen molar-refractivity contribution in [2.75, 3.05) is 0 Å². The van der Waals surface area contributed by atoms with Crippen molar-refractivity contribution in [1.29, 1.82) is 0 Å². The van der Waals surface area contributed by atoms with Gasteiger partial charge in [-0.05, 0) is 68.2 Å². The molecule has 6 nitrogen and oxygen atoms in total. The monoisotopic (exact) mass is 422 g/mol. The zero-order valence-electron chi connectivity index (χ0n) is 20.2. The minimum atomic E-state index is -0.176. The van der Waals surface area contributed by atoms with Crippen molar-refractivity contribution in [3.05, 3.63) is 0 Å². The maximum absolute atomic E-state index is 12.6. The van der Waals surface area contributed by atoms with Gasteiger partial charge in [0.1, 0.15) is 12.2 Å². The maximum atomic E-state index is 12.6. The largest absolute Gasteiger partial charge is 0.462 e. The summed E-state index contributed by atoms with van der Waals surface area (Å²) in [6.07, 6.45) is 4.18. The van der Waals surface area contributed by atoms with Gasteiger partial charge in [0, 0.05) is 47.8 Å². The molecule has 0 atom stereocenters. The molecule has 0 spiro atoms. The first kappa shape index (κ1) is 23.5. The van der Waals surface area contributed by atoms with E-state index in [0.717, 1.165) is 25.7 Å². The van der Waals surface area contributed by atoms with E-state index < -0.39 is 0 Å². The molecule has 1 saturated carbocycles. The highest BCUT2D eigenvalue weighted by atomic mass is 16.5. The van der Waals surface area contributed by atoms with E-state index in [2.05, 4.69) is 66.0 Å². The first-order chi connectivity index (χ1) is 13.5. The molecule has 2 saturated heterocycles. The standard InChI is InChI=1S/C24H42N2O4/c1-21(2)11-17(12-22(3,4)25-21)29-19(27)15-9-16(10-15)20(28)30-18-13-23(5,6)26-24(7,8)14-18/h15-18,25-26H,9-14H2,1-8H3. The van der Waals surface area contributed by atoms with E-state index in [1.165, 1.54) is 0 Å². The molecule has 0 amide bonds. The predicted octanol–water partition coefficient (Wildman–Crippen LogP) is 3.72. The summed E-state index contributed by atoms with van der Waals surface area (Å²) in [5.41, 5.74) is -0.242. The minimum Gasteiger partial charge on any atom is -0.462 e. The number of rotatable bonds is 4. The van der Waals surface area contributed by atoms with Gasteiger partial charge in [-0.3, -0.25) is 9.59 Å². The number of nitrogens with one attached hydrogen (secondary N) is 2. The van der Waals surface area contributed by atoms with E-state index in [4.69, 9.17) is 9.47 Å². The number of ether oxygens (including phenoxy) is 2. The van der Waals surface area contributed by atoms with E-state index in [-0.39, 0.29) is 58.1 Å². The van der Waals surface area contributed by atoms with Gasteiger partial charge < -0.3 is 20.1 Å². The van der Waals surface area contributed by atoms with Crippen molar-refractivity contribution in [1.82, 2.24) is 10.6 Å². The average molecular weight is 423 g/mol. The summed E-state index contributed by atoms with van der Waals surface area (Å²) >= 11 is 0. The Kier molecular flexibility index (Phi) is 6.09. The fourth-order valence-electron chi connectivity index (χ4n) is 6.15. The first-order valence-corrected chi connectivity index (χ1v) is 11.5. The second kappa shape index (κ2) is 7.77. The van der Waals surface area contributed by atoms with E-state index in [0.29, 0.717) is 12.8 Å². The Labute approximate surface area is 182 Å². The maximum Gasteiger partial charge on any atom is 0.309 e. The van der Waals surface area contributed by atoms with Crippen molar-refractivity contribution in [3.8, 4) is 0 Å². The van der Waals surface area contributed by atoms with Crippen LogP contribution in [0.15, 0.2) is 0 Å². The summed E-state index contributed by atoms with van der Waals surface area (Å²) in [6, 6.07) is 0. The Morgan fingerprint density at radius 1 is 0.600 bits per heavy atom.